The summed E-state index contributed by atoms with van der Waals surface area (Å²) in [5.41, 5.74) is 1.26. The molecule has 0 aliphatic rings. The average Bonchev–Trinajstić information content (AvgIpc) is 2.49. The Kier molecular flexibility index (Phi) is 5.21. The average molecular weight is 286 g/mol. The summed E-state index contributed by atoms with van der Waals surface area (Å²) in [7, 11) is 0. The van der Waals surface area contributed by atoms with Gasteiger partial charge in [0.15, 0.2) is 11.5 Å². The molecule has 0 aromatic heterocycles. The van der Waals surface area contributed by atoms with Gasteiger partial charge in [-0.3, -0.25) is 0 Å². The van der Waals surface area contributed by atoms with Gasteiger partial charge < -0.3 is 14.6 Å². The lowest BCUT2D eigenvalue weighted by Gasteiger charge is -2.14. The molecule has 0 fully saturated rings. The fourth-order valence-electron chi connectivity index (χ4n) is 2.02. The summed E-state index contributed by atoms with van der Waals surface area (Å²) in [6.07, 6.45) is 0.709. The maximum absolute atomic E-state index is 11.3. The Bertz CT molecular complexity index is 593. The van der Waals surface area contributed by atoms with E-state index >= 15 is 0 Å². The monoisotopic (exact) mass is 286 g/mol. The Morgan fingerprint density at radius 3 is 2.48 bits per heavy atom. The molecule has 0 spiro atoms. The van der Waals surface area contributed by atoms with Crippen molar-refractivity contribution in [2.75, 3.05) is 13.2 Å². The molecule has 2 aromatic rings. The summed E-state index contributed by atoms with van der Waals surface area (Å²) in [4.78, 5) is 11.3. The second-order valence-corrected chi connectivity index (χ2v) is 4.46. The van der Waals surface area contributed by atoms with E-state index < -0.39 is 5.97 Å². The van der Waals surface area contributed by atoms with Crippen LogP contribution in [0.3, 0.4) is 0 Å². The van der Waals surface area contributed by atoms with Crippen molar-refractivity contribution in [3.63, 3.8) is 0 Å². The number of carbonyl (C=O) groups is 1. The smallest absolute Gasteiger partial charge is 0.339 e. The lowest BCUT2D eigenvalue weighted by atomic mass is 10.1. The molecule has 0 saturated carbocycles. The predicted octanol–water partition coefficient (Wildman–Crippen LogP) is 3.41. The third-order valence-corrected chi connectivity index (χ3v) is 2.99. The molecule has 1 N–H and O–H groups in total. The molecule has 21 heavy (non-hydrogen) atoms. The molecular formula is C17H18O4. The maximum Gasteiger partial charge on any atom is 0.339 e. The summed E-state index contributed by atoms with van der Waals surface area (Å²) in [5.74, 6) is -0.264. The highest BCUT2D eigenvalue weighted by Gasteiger charge is 2.16. The van der Waals surface area contributed by atoms with Crippen molar-refractivity contribution in [2.24, 2.45) is 0 Å². The van der Waals surface area contributed by atoms with Crippen molar-refractivity contribution >= 4 is 5.97 Å². The summed E-state index contributed by atoms with van der Waals surface area (Å²) < 4.78 is 11.1. The maximum atomic E-state index is 11.3. The molecule has 0 aliphatic heterocycles. The van der Waals surface area contributed by atoms with Gasteiger partial charge in [-0.15, -0.1) is 0 Å². The molecule has 4 heteroatoms. The number of carboxylic acids is 1. The number of hydrogen-bond acceptors (Lipinski definition) is 3. The third kappa shape index (κ3) is 3.99. The first-order chi connectivity index (χ1) is 10.2. The molecular weight excluding hydrogens is 268 g/mol. The molecule has 0 aliphatic carbocycles. The van der Waals surface area contributed by atoms with Crippen LogP contribution in [0.4, 0.5) is 0 Å². The summed E-state index contributed by atoms with van der Waals surface area (Å²) >= 11 is 0. The van der Waals surface area contributed by atoms with Crippen LogP contribution in [-0.4, -0.2) is 24.3 Å². The Hall–Kier alpha value is -2.49. The fourth-order valence-corrected chi connectivity index (χ4v) is 2.02. The van der Waals surface area contributed by atoms with E-state index in [2.05, 4.69) is 0 Å². The number of rotatable bonds is 7. The normalized spacial score (nSPS) is 10.1. The first-order valence-electron chi connectivity index (χ1n) is 6.88. The molecule has 0 unspecified atom stereocenters. The zero-order valence-electron chi connectivity index (χ0n) is 11.9. The van der Waals surface area contributed by atoms with Gasteiger partial charge in [0.1, 0.15) is 5.56 Å². The molecule has 0 atom stereocenters. The highest BCUT2D eigenvalue weighted by molar-refractivity contribution is 5.92. The number of benzene rings is 2. The minimum absolute atomic E-state index is 0.119. The second-order valence-electron chi connectivity index (χ2n) is 4.46. The largest absolute Gasteiger partial charge is 0.490 e. The molecule has 4 nitrogen and oxygen atoms in total. The van der Waals surface area contributed by atoms with Crippen LogP contribution >= 0.6 is 0 Å². The third-order valence-electron chi connectivity index (χ3n) is 2.99. The van der Waals surface area contributed by atoms with Gasteiger partial charge in [-0.25, -0.2) is 4.79 Å². The van der Waals surface area contributed by atoms with Gasteiger partial charge in [0, 0.05) is 6.42 Å². The van der Waals surface area contributed by atoms with E-state index in [1.165, 1.54) is 6.07 Å². The van der Waals surface area contributed by atoms with Crippen LogP contribution in [0.5, 0.6) is 11.5 Å². The van der Waals surface area contributed by atoms with Gasteiger partial charge >= 0.3 is 5.97 Å². The van der Waals surface area contributed by atoms with Crippen LogP contribution in [0.25, 0.3) is 0 Å². The SMILES string of the molecule is CCOc1cccc(C(=O)O)c1OCCc1ccccc1. The second kappa shape index (κ2) is 7.33. The Morgan fingerprint density at radius 1 is 1.05 bits per heavy atom. The van der Waals surface area contributed by atoms with Crippen molar-refractivity contribution in [3.8, 4) is 11.5 Å². The molecule has 0 saturated heterocycles. The van der Waals surface area contributed by atoms with Crippen LogP contribution in [0.15, 0.2) is 48.5 Å². The van der Waals surface area contributed by atoms with E-state index in [9.17, 15) is 9.90 Å². The molecule has 2 aromatic carbocycles. The van der Waals surface area contributed by atoms with Crippen molar-refractivity contribution in [2.45, 2.75) is 13.3 Å². The number of ether oxygens (including phenoxy) is 2. The molecule has 110 valence electrons. The van der Waals surface area contributed by atoms with Crippen LogP contribution in [0.2, 0.25) is 0 Å². The van der Waals surface area contributed by atoms with Crippen LogP contribution < -0.4 is 9.47 Å². The molecule has 2 rings (SSSR count). The van der Waals surface area contributed by atoms with E-state index in [4.69, 9.17) is 9.47 Å². The van der Waals surface area contributed by atoms with E-state index in [1.807, 2.05) is 37.3 Å². The number of para-hydroxylation sites is 1. The van der Waals surface area contributed by atoms with Crippen molar-refractivity contribution < 1.29 is 19.4 Å². The van der Waals surface area contributed by atoms with E-state index in [0.717, 1.165) is 5.56 Å². The number of carboxylic acid groups (broad SMARTS) is 1. The van der Waals surface area contributed by atoms with Crippen LogP contribution in [-0.2, 0) is 6.42 Å². The van der Waals surface area contributed by atoms with Crippen molar-refractivity contribution in [1.29, 1.82) is 0 Å². The van der Waals surface area contributed by atoms with Gasteiger partial charge in [-0.1, -0.05) is 36.4 Å². The highest BCUT2D eigenvalue weighted by Crippen LogP contribution is 2.31. The minimum atomic E-state index is -1.02. The lowest BCUT2D eigenvalue weighted by Crippen LogP contribution is -2.08. The number of hydrogen-bond donors (Lipinski definition) is 1. The van der Waals surface area contributed by atoms with E-state index in [-0.39, 0.29) is 5.56 Å². The van der Waals surface area contributed by atoms with Crippen molar-refractivity contribution in [1.82, 2.24) is 0 Å². The highest BCUT2D eigenvalue weighted by atomic mass is 16.5. The zero-order chi connectivity index (χ0) is 15.1. The van der Waals surface area contributed by atoms with Crippen LogP contribution in [0, 0.1) is 0 Å². The molecule has 0 amide bonds. The quantitative estimate of drug-likeness (QED) is 0.847. The lowest BCUT2D eigenvalue weighted by molar-refractivity contribution is 0.0691. The van der Waals surface area contributed by atoms with Crippen LogP contribution in [0.1, 0.15) is 22.8 Å². The van der Waals surface area contributed by atoms with Gasteiger partial charge in [0.2, 0.25) is 0 Å². The van der Waals surface area contributed by atoms with Gasteiger partial charge in [0.25, 0.3) is 0 Å². The summed E-state index contributed by atoms with van der Waals surface area (Å²) in [6.45, 7) is 2.70. The van der Waals surface area contributed by atoms with E-state index in [0.29, 0.717) is 31.1 Å². The molecule has 0 radical (unpaired) electrons. The summed E-state index contributed by atoms with van der Waals surface area (Å²) in [5, 5.41) is 9.24. The van der Waals surface area contributed by atoms with Gasteiger partial charge in [-0.05, 0) is 24.6 Å². The summed E-state index contributed by atoms with van der Waals surface area (Å²) in [6, 6.07) is 14.8. The molecule has 0 bridgehead atoms. The molecule has 0 heterocycles. The Balaban J connectivity index is 2.11. The fraction of sp³-hybridized carbons (Fsp3) is 0.235. The number of aromatic carboxylic acids is 1. The van der Waals surface area contributed by atoms with Gasteiger partial charge in [-0.2, -0.15) is 0 Å². The topological polar surface area (TPSA) is 55.8 Å². The first kappa shape index (κ1) is 14.9. The standard InChI is InChI=1S/C17H18O4/c1-2-20-15-10-6-9-14(17(18)19)16(15)21-12-11-13-7-4-3-5-8-13/h3-10H,2,11-12H2,1H3,(H,18,19). The van der Waals surface area contributed by atoms with Gasteiger partial charge in [0.05, 0.1) is 13.2 Å². The minimum Gasteiger partial charge on any atom is -0.490 e. The van der Waals surface area contributed by atoms with E-state index in [1.54, 1.807) is 12.1 Å². The van der Waals surface area contributed by atoms with Crippen molar-refractivity contribution in [3.05, 3.63) is 59.7 Å². The predicted molar refractivity (Wildman–Crippen MR) is 80.2 cm³/mol. The zero-order valence-corrected chi connectivity index (χ0v) is 11.9. The first-order valence-corrected chi connectivity index (χ1v) is 6.88. The Morgan fingerprint density at radius 2 is 1.81 bits per heavy atom. The Labute approximate surface area is 123 Å².